The first-order valence-electron chi connectivity index (χ1n) is 18.4. The van der Waals surface area contributed by atoms with Gasteiger partial charge in [-0.2, -0.15) is 0 Å². The maximum absolute atomic E-state index is 13.6. The van der Waals surface area contributed by atoms with Gasteiger partial charge in [-0.15, -0.1) is 11.3 Å². The Morgan fingerprint density at radius 1 is 1.03 bits per heavy atom. The standard InChI is InChI=1S/C37H49N7O11S3/c1-6-8-32(47)54-21-39-28(22(2)3)19-31(55-24(5)45)36-41-29(20-56-36)34(49)40-26(18-25-10-12-27(46)13-11-25)17-23(4)33(48)42-43-37(50)53-15-16-57-58-35-30(44(51)52)9-7-14-38-35/h7,9-14,20,22-23,26,28,31,39,46H,6,8,15-19,21H2,1-5H3,(H,40,49)(H,42,48)(H,43,50)/t23-,26+,28+,31+/m0/s1. The van der Waals surface area contributed by atoms with Crippen molar-refractivity contribution in [1.82, 2.24) is 31.5 Å². The molecule has 3 amide bonds. The van der Waals surface area contributed by atoms with Gasteiger partial charge in [0.15, 0.2) is 11.1 Å². The summed E-state index contributed by atoms with van der Waals surface area (Å²) in [6.07, 6.45) is 1.42. The lowest BCUT2D eigenvalue weighted by Crippen LogP contribution is -2.46. The van der Waals surface area contributed by atoms with Crippen molar-refractivity contribution in [3.8, 4) is 5.75 Å². The second-order valence-electron chi connectivity index (χ2n) is 13.3. The maximum atomic E-state index is 13.6. The van der Waals surface area contributed by atoms with Crippen molar-refractivity contribution in [2.24, 2.45) is 11.8 Å². The zero-order valence-electron chi connectivity index (χ0n) is 32.8. The average molecular weight is 864 g/mol. The largest absolute Gasteiger partial charge is 0.508 e. The Bertz CT molecular complexity index is 1830. The number of benzene rings is 1. The minimum atomic E-state index is -0.916. The van der Waals surface area contributed by atoms with Gasteiger partial charge in [-0.05, 0) is 59.7 Å². The predicted octanol–water partition coefficient (Wildman–Crippen LogP) is 5.63. The Balaban J connectivity index is 1.59. The number of hydrogen-bond acceptors (Lipinski definition) is 17. The Hall–Kier alpha value is -4.99. The van der Waals surface area contributed by atoms with E-state index in [1.54, 1.807) is 24.4 Å². The van der Waals surface area contributed by atoms with Crippen molar-refractivity contribution >= 4 is 68.5 Å². The fraction of sp³-hybridized carbons (Fsp3) is 0.486. The van der Waals surface area contributed by atoms with Gasteiger partial charge in [0.05, 0.1) is 4.92 Å². The van der Waals surface area contributed by atoms with Gasteiger partial charge in [0.25, 0.3) is 5.91 Å². The summed E-state index contributed by atoms with van der Waals surface area (Å²) in [6, 6.07) is 8.38. The monoisotopic (exact) mass is 863 g/mol. The summed E-state index contributed by atoms with van der Waals surface area (Å²) in [7, 11) is 2.28. The van der Waals surface area contributed by atoms with Crippen LogP contribution in [0.1, 0.15) is 87.5 Å². The lowest BCUT2D eigenvalue weighted by atomic mass is 9.95. The number of nitro groups is 1. The molecule has 0 aliphatic carbocycles. The van der Waals surface area contributed by atoms with Crippen molar-refractivity contribution in [2.75, 3.05) is 19.1 Å². The quantitative estimate of drug-likeness (QED) is 0.0147. The van der Waals surface area contributed by atoms with Crippen molar-refractivity contribution in [2.45, 2.75) is 89.9 Å². The molecule has 0 aliphatic heterocycles. The Morgan fingerprint density at radius 3 is 2.45 bits per heavy atom. The zero-order chi connectivity index (χ0) is 42.6. The number of nitrogens with zero attached hydrogens (tertiary/aromatic N) is 3. The SMILES string of the molecule is CCCC(=O)OCN[C@H](C[C@@H](OC(C)=O)c1nc(C(=O)N[C@@H](Cc2ccc(O)cc2)C[C@H](C)C(=O)NNC(=O)OCCSSc2ncccc2[N+](=O)[O-])cs1)C(C)C. The normalized spacial score (nSPS) is 13.1. The number of carbonyl (C=O) groups is 5. The first-order chi connectivity index (χ1) is 27.7. The molecule has 0 unspecified atom stereocenters. The third kappa shape index (κ3) is 16.9. The minimum Gasteiger partial charge on any atom is -0.508 e. The first-order valence-corrected chi connectivity index (χ1v) is 21.6. The number of aromatic hydroxyl groups is 1. The van der Waals surface area contributed by atoms with Crippen LogP contribution in [0.2, 0.25) is 0 Å². The van der Waals surface area contributed by atoms with Crippen molar-refractivity contribution in [3.05, 3.63) is 74.4 Å². The van der Waals surface area contributed by atoms with Crippen LogP contribution >= 0.6 is 32.9 Å². The van der Waals surface area contributed by atoms with Gasteiger partial charge in [-0.1, -0.05) is 50.6 Å². The number of thiazole rings is 1. The van der Waals surface area contributed by atoms with Crippen LogP contribution in [0.4, 0.5) is 10.5 Å². The fourth-order valence-corrected chi connectivity index (χ4v) is 7.98. The molecule has 0 saturated heterocycles. The summed E-state index contributed by atoms with van der Waals surface area (Å²) in [5.74, 6) is -2.24. The van der Waals surface area contributed by atoms with Gasteiger partial charge < -0.3 is 24.6 Å². The Morgan fingerprint density at radius 2 is 1.78 bits per heavy atom. The molecule has 0 bridgehead atoms. The van der Waals surface area contributed by atoms with E-state index in [0.717, 1.165) is 27.7 Å². The number of carbonyl (C=O) groups excluding carboxylic acids is 5. The van der Waals surface area contributed by atoms with Crippen LogP contribution in [0.5, 0.6) is 5.75 Å². The van der Waals surface area contributed by atoms with Crippen LogP contribution in [0.25, 0.3) is 0 Å². The van der Waals surface area contributed by atoms with Gasteiger partial charge in [0.1, 0.15) is 29.8 Å². The van der Waals surface area contributed by atoms with Gasteiger partial charge in [-0.3, -0.25) is 40.0 Å². The molecule has 3 rings (SSSR count). The van der Waals surface area contributed by atoms with Crippen LogP contribution < -0.4 is 21.5 Å². The van der Waals surface area contributed by atoms with Gasteiger partial charge in [-0.25, -0.2) is 20.2 Å². The predicted molar refractivity (Wildman–Crippen MR) is 218 cm³/mol. The highest BCUT2D eigenvalue weighted by Gasteiger charge is 2.28. The van der Waals surface area contributed by atoms with Crippen LogP contribution in [0.15, 0.2) is 53.0 Å². The molecule has 18 nitrogen and oxygen atoms in total. The molecule has 0 fully saturated rings. The van der Waals surface area contributed by atoms with Gasteiger partial charge >= 0.3 is 23.7 Å². The number of aromatic nitrogens is 2. The molecule has 3 aromatic rings. The number of phenolic OH excluding ortho intramolecular Hbond substituents is 1. The van der Waals surface area contributed by atoms with E-state index >= 15 is 0 Å². The molecule has 58 heavy (non-hydrogen) atoms. The summed E-state index contributed by atoms with van der Waals surface area (Å²) >= 11 is 1.15. The molecule has 316 valence electrons. The number of rotatable bonds is 23. The van der Waals surface area contributed by atoms with Crippen molar-refractivity contribution in [3.63, 3.8) is 0 Å². The number of esters is 2. The van der Waals surface area contributed by atoms with E-state index in [2.05, 4.69) is 31.5 Å². The van der Waals surface area contributed by atoms with Crippen molar-refractivity contribution in [1.29, 1.82) is 0 Å². The smallest absolute Gasteiger partial charge is 0.426 e. The highest BCUT2D eigenvalue weighted by atomic mass is 33.1. The highest BCUT2D eigenvalue weighted by molar-refractivity contribution is 8.76. The van der Waals surface area contributed by atoms with Crippen LogP contribution in [-0.4, -0.2) is 81.0 Å². The molecular weight excluding hydrogens is 815 g/mol. The number of hydrazine groups is 1. The molecular formula is C37H49N7O11S3. The molecule has 1 aromatic carbocycles. The van der Waals surface area contributed by atoms with E-state index in [0.29, 0.717) is 24.3 Å². The molecule has 0 spiro atoms. The molecule has 5 N–H and O–H groups in total. The Kier molecular flexibility index (Phi) is 20.2. The van der Waals surface area contributed by atoms with E-state index in [9.17, 15) is 39.2 Å². The lowest BCUT2D eigenvalue weighted by Gasteiger charge is -2.26. The van der Waals surface area contributed by atoms with E-state index in [1.807, 2.05) is 20.8 Å². The number of pyridine rings is 1. The average Bonchev–Trinajstić information content (AvgIpc) is 3.67. The summed E-state index contributed by atoms with van der Waals surface area (Å²) < 4.78 is 16.0. The molecule has 0 radical (unpaired) electrons. The van der Waals surface area contributed by atoms with Crippen LogP contribution in [0, 0.1) is 22.0 Å². The number of phenols is 1. The number of ether oxygens (including phenoxy) is 3. The Labute approximate surface area is 347 Å². The third-order valence-electron chi connectivity index (χ3n) is 8.26. The summed E-state index contributed by atoms with van der Waals surface area (Å²) in [5.41, 5.74) is 5.23. The molecule has 4 atom stereocenters. The van der Waals surface area contributed by atoms with Gasteiger partial charge in [0.2, 0.25) is 5.91 Å². The van der Waals surface area contributed by atoms with Crippen LogP contribution in [0.3, 0.4) is 0 Å². The van der Waals surface area contributed by atoms with Crippen LogP contribution in [-0.2, 0) is 35.0 Å². The summed E-state index contributed by atoms with van der Waals surface area (Å²) in [5, 5.41) is 29.2. The molecule has 0 aliphatic rings. The topological polar surface area (TPSA) is 250 Å². The second kappa shape index (κ2) is 24.7. The lowest BCUT2D eigenvalue weighted by molar-refractivity contribution is -0.388. The second-order valence-corrected chi connectivity index (χ2v) is 16.6. The summed E-state index contributed by atoms with van der Waals surface area (Å²) in [4.78, 5) is 81.9. The maximum Gasteiger partial charge on any atom is 0.426 e. The number of hydrogen-bond donors (Lipinski definition) is 5. The number of nitrogens with one attached hydrogen (secondary N) is 4. The van der Waals surface area contributed by atoms with Crippen molar-refractivity contribution < 1.29 is 48.2 Å². The van der Waals surface area contributed by atoms with E-state index in [-0.39, 0.29) is 72.0 Å². The molecule has 0 saturated carbocycles. The fourth-order valence-electron chi connectivity index (χ4n) is 5.29. The molecule has 21 heteroatoms. The summed E-state index contributed by atoms with van der Waals surface area (Å²) in [6.45, 7) is 8.67. The molecule has 2 aromatic heterocycles. The molecule has 2 heterocycles. The highest BCUT2D eigenvalue weighted by Crippen LogP contribution is 2.35. The van der Waals surface area contributed by atoms with E-state index in [4.69, 9.17) is 14.2 Å². The zero-order valence-corrected chi connectivity index (χ0v) is 35.2. The van der Waals surface area contributed by atoms with Gasteiger partial charge in [0, 0.05) is 61.2 Å². The number of amides is 3. The first kappa shape index (κ1) is 47.4. The minimum absolute atomic E-state index is 0.0112. The van der Waals surface area contributed by atoms with E-state index in [1.165, 1.54) is 48.2 Å². The third-order valence-corrected chi connectivity index (χ3v) is 11.4. The van der Waals surface area contributed by atoms with E-state index < -0.39 is 46.9 Å².